The number of ether oxygens (including phenoxy) is 1. The highest BCUT2D eigenvalue weighted by atomic mass is 16.5. The first-order valence-corrected chi connectivity index (χ1v) is 6.92. The third kappa shape index (κ3) is 4.16. The van der Waals surface area contributed by atoms with Crippen LogP contribution in [0, 0.1) is 0 Å². The summed E-state index contributed by atoms with van der Waals surface area (Å²) in [5, 5.41) is 2.91. The molecule has 0 bridgehead atoms. The van der Waals surface area contributed by atoms with Crippen molar-refractivity contribution in [1.29, 1.82) is 0 Å². The zero-order chi connectivity index (χ0) is 15.2. The highest BCUT2D eigenvalue weighted by Gasteiger charge is 2.35. The number of hydrogen-bond acceptors (Lipinski definition) is 4. The van der Waals surface area contributed by atoms with Gasteiger partial charge in [-0.05, 0) is 25.1 Å². The molecule has 0 unspecified atom stereocenters. The molecule has 1 N–H and O–H groups in total. The lowest BCUT2D eigenvalue weighted by atomic mass is 10.1. The van der Waals surface area contributed by atoms with E-state index in [9.17, 15) is 9.59 Å². The average Bonchev–Trinajstić information content (AvgIpc) is 2.86. The van der Waals surface area contributed by atoms with Gasteiger partial charge >= 0.3 is 5.97 Å². The van der Waals surface area contributed by atoms with Crippen LogP contribution in [-0.2, 0) is 14.3 Å². The van der Waals surface area contributed by atoms with E-state index < -0.39 is 0 Å². The Morgan fingerprint density at radius 2 is 2.05 bits per heavy atom. The number of carbonyl (C=O) groups is 2. The van der Waals surface area contributed by atoms with Crippen molar-refractivity contribution < 1.29 is 14.3 Å². The van der Waals surface area contributed by atoms with Crippen LogP contribution < -0.4 is 5.32 Å². The van der Waals surface area contributed by atoms with Gasteiger partial charge in [-0.2, -0.15) is 0 Å². The maximum absolute atomic E-state index is 11.9. The lowest BCUT2D eigenvalue weighted by Gasteiger charge is -2.15. The molecule has 5 heteroatoms. The Morgan fingerprint density at radius 3 is 2.71 bits per heavy atom. The van der Waals surface area contributed by atoms with Gasteiger partial charge in [-0.15, -0.1) is 0 Å². The molecule has 0 aliphatic carbocycles. The van der Waals surface area contributed by atoms with E-state index >= 15 is 0 Å². The van der Waals surface area contributed by atoms with E-state index in [1.165, 1.54) is 13.2 Å². The standard InChI is InChI=1S/C16H20N2O3/c1-18-11-13(10-14(18)16(20)21-2)17-15(19)9-8-12-6-4-3-5-7-12/h3-9,13-14H,10-11H2,1-2H3,(H,17,19)/t13-,14+/m1/s1. The fourth-order valence-corrected chi connectivity index (χ4v) is 2.50. The van der Waals surface area contributed by atoms with Gasteiger partial charge in [0.25, 0.3) is 0 Å². The molecule has 0 spiro atoms. The van der Waals surface area contributed by atoms with E-state index in [4.69, 9.17) is 4.74 Å². The van der Waals surface area contributed by atoms with Crippen molar-refractivity contribution in [2.24, 2.45) is 0 Å². The summed E-state index contributed by atoms with van der Waals surface area (Å²) in [5.41, 5.74) is 0.976. The first-order chi connectivity index (χ1) is 10.1. The van der Waals surface area contributed by atoms with Crippen molar-refractivity contribution in [3.8, 4) is 0 Å². The van der Waals surface area contributed by atoms with Gasteiger partial charge in [-0.3, -0.25) is 14.5 Å². The van der Waals surface area contributed by atoms with Crippen LogP contribution in [0.25, 0.3) is 6.08 Å². The Morgan fingerprint density at radius 1 is 1.33 bits per heavy atom. The number of nitrogens with zero attached hydrogens (tertiary/aromatic N) is 1. The fourth-order valence-electron chi connectivity index (χ4n) is 2.50. The van der Waals surface area contributed by atoms with Crippen molar-refractivity contribution >= 4 is 18.0 Å². The first kappa shape index (κ1) is 15.3. The Kier molecular flexibility index (Phi) is 5.11. The normalized spacial score (nSPS) is 22.4. The summed E-state index contributed by atoms with van der Waals surface area (Å²) in [6.45, 7) is 0.644. The molecule has 1 aliphatic rings. The predicted octanol–water partition coefficient (Wildman–Crippen LogP) is 1.06. The van der Waals surface area contributed by atoms with Crippen molar-refractivity contribution in [2.75, 3.05) is 20.7 Å². The molecule has 1 aromatic carbocycles. The molecular formula is C16H20N2O3. The van der Waals surface area contributed by atoms with E-state index in [2.05, 4.69) is 5.32 Å². The van der Waals surface area contributed by atoms with Crippen LogP contribution in [0.15, 0.2) is 36.4 Å². The first-order valence-electron chi connectivity index (χ1n) is 6.92. The molecule has 1 saturated heterocycles. The molecule has 5 nitrogen and oxygen atoms in total. The van der Waals surface area contributed by atoms with Gasteiger partial charge in [0.2, 0.25) is 5.91 Å². The summed E-state index contributed by atoms with van der Waals surface area (Å²) in [6, 6.07) is 9.32. The summed E-state index contributed by atoms with van der Waals surface area (Å²) in [4.78, 5) is 25.4. The Bertz CT molecular complexity index is 528. The quantitative estimate of drug-likeness (QED) is 0.665. The topological polar surface area (TPSA) is 58.6 Å². The van der Waals surface area contributed by atoms with Crippen molar-refractivity contribution in [1.82, 2.24) is 10.2 Å². The number of amides is 1. The van der Waals surface area contributed by atoms with E-state index in [1.807, 2.05) is 42.3 Å². The second-order valence-corrected chi connectivity index (χ2v) is 5.16. The number of carbonyl (C=O) groups excluding carboxylic acids is 2. The number of rotatable bonds is 4. The Labute approximate surface area is 124 Å². The Hall–Kier alpha value is -2.14. The summed E-state index contributed by atoms with van der Waals surface area (Å²) >= 11 is 0. The highest BCUT2D eigenvalue weighted by molar-refractivity contribution is 5.92. The van der Waals surface area contributed by atoms with Gasteiger partial charge in [-0.1, -0.05) is 30.3 Å². The molecule has 1 amide bonds. The van der Waals surface area contributed by atoms with Crippen molar-refractivity contribution in [3.63, 3.8) is 0 Å². The monoisotopic (exact) mass is 288 g/mol. The summed E-state index contributed by atoms with van der Waals surface area (Å²) in [7, 11) is 3.23. The van der Waals surface area contributed by atoms with Crippen LogP contribution >= 0.6 is 0 Å². The van der Waals surface area contributed by atoms with Crippen LogP contribution in [0.4, 0.5) is 0 Å². The smallest absolute Gasteiger partial charge is 0.323 e. The summed E-state index contributed by atoms with van der Waals surface area (Å²) in [6.07, 6.45) is 3.86. The van der Waals surface area contributed by atoms with Gasteiger partial charge in [0.05, 0.1) is 7.11 Å². The third-order valence-electron chi connectivity index (χ3n) is 3.59. The molecule has 2 rings (SSSR count). The van der Waals surface area contributed by atoms with Crippen LogP contribution in [0.1, 0.15) is 12.0 Å². The van der Waals surface area contributed by atoms with E-state index in [0.717, 1.165) is 5.56 Å². The van der Waals surface area contributed by atoms with Crippen LogP contribution in [0.3, 0.4) is 0 Å². The fraction of sp³-hybridized carbons (Fsp3) is 0.375. The van der Waals surface area contributed by atoms with E-state index in [0.29, 0.717) is 13.0 Å². The minimum atomic E-state index is -0.279. The molecular weight excluding hydrogens is 268 g/mol. The van der Waals surface area contributed by atoms with Crippen LogP contribution in [0.2, 0.25) is 0 Å². The lowest BCUT2D eigenvalue weighted by Crippen LogP contribution is -2.35. The van der Waals surface area contributed by atoms with Crippen LogP contribution in [0.5, 0.6) is 0 Å². The maximum atomic E-state index is 11.9. The highest BCUT2D eigenvalue weighted by Crippen LogP contribution is 2.17. The summed E-state index contributed by atoms with van der Waals surface area (Å²) in [5.74, 6) is -0.406. The predicted molar refractivity (Wildman–Crippen MR) is 80.5 cm³/mol. The lowest BCUT2D eigenvalue weighted by molar-refractivity contribution is -0.145. The number of benzene rings is 1. The number of likely N-dealkylation sites (tertiary alicyclic amines) is 1. The minimum absolute atomic E-state index is 0.0352. The number of esters is 1. The molecule has 1 fully saturated rings. The molecule has 112 valence electrons. The Balaban J connectivity index is 1.87. The molecule has 1 aliphatic heterocycles. The van der Waals surface area contributed by atoms with Gasteiger partial charge in [0, 0.05) is 18.7 Å². The molecule has 1 aromatic rings. The molecule has 0 aromatic heterocycles. The molecule has 0 radical (unpaired) electrons. The molecule has 2 atom stereocenters. The largest absolute Gasteiger partial charge is 0.468 e. The number of hydrogen-bond donors (Lipinski definition) is 1. The zero-order valence-electron chi connectivity index (χ0n) is 12.3. The molecule has 1 heterocycles. The van der Waals surface area contributed by atoms with Gasteiger partial charge < -0.3 is 10.1 Å². The zero-order valence-corrected chi connectivity index (χ0v) is 12.3. The van der Waals surface area contributed by atoms with Crippen molar-refractivity contribution in [2.45, 2.75) is 18.5 Å². The van der Waals surface area contributed by atoms with Crippen molar-refractivity contribution in [3.05, 3.63) is 42.0 Å². The summed E-state index contributed by atoms with van der Waals surface area (Å²) < 4.78 is 4.76. The van der Waals surface area contributed by atoms with Gasteiger partial charge in [0.1, 0.15) is 6.04 Å². The van der Waals surface area contributed by atoms with Gasteiger partial charge in [-0.25, -0.2) is 0 Å². The second-order valence-electron chi connectivity index (χ2n) is 5.16. The number of likely N-dealkylation sites (N-methyl/N-ethyl adjacent to an activating group) is 1. The van der Waals surface area contributed by atoms with Gasteiger partial charge in [0.15, 0.2) is 0 Å². The molecule has 21 heavy (non-hydrogen) atoms. The number of methoxy groups -OCH3 is 1. The third-order valence-corrected chi connectivity index (χ3v) is 3.59. The second kappa shape index (κ2) is 7.04. The average molecular weight is 288 g/mol. The maximum Gasteiger partial charge on any atom is 0.323 e. The van der Waals surface area contributed by atoms with E-state index in [1.54, 1.807) is 6.08 Å². The van der Waals surface area contributed by atoms with Crippen LogP contribution in [-0.4, -0.2) is 49.6 Å². The van der Waals surface area contributed by atoms with E-state index in [-0.39, 0.29) is 24.0 Å². The minimum Gasteiger partial charge on any atom is -0.468 e. The number of nitrogens with one attached hydrogen (secondary N) is 1. The SMILES string of the molecule is COC(=O)[C@@H]1C[C@@H](NC(=O)C=Cc2ccccc2)CN1C. The molecule has 0 saturated carbocycles.